The number of aliphatic carboxylic acids is 1. The van der Waals surface area contributed by atoms with Gasteiger partial charge in [-0.25, -0.2) is 14.6 Å². The van der Waals surface area contributed by atoms with Crippen molar-refractivity contribution in [3.05, 3.63) is 60.4 Å². The standard InChI is InChI=1S/C31H38N8O2.C2H4O2/c1-21(40)33-19-22-4-3-5-27(18-22)41-26-12-6-23(7-13-26)29-28-30(32)34-20-35-31(28)39(36-29)25-10-8-24(9-11-25)38-16-14-37(2)15-17-38;1-2(3)4/h3-7,12-13,18,20,24-25H,8-11,14-17,19H2,1-2H3,(H,33,40)(H2,32,34,35);1H3,(H,3,4)/t24-,25+;. The quantitative estimate of drug-likeness (QED) is 0.274. The predicted octanol–water partition coefficient (Wildman–Crippen LogP) is 4.33. The molecule has 2 aromatic heterocycles. The van der Waals surface area contributed by atoms with Crippen molar-refractivity contribution < 1.29 is 19.4 Å². The molecule has 4 aromatic rings. The van der Waals surface area contributed by atoms with Gasteiger partial charge in [0.15, 0.2) is 5.65 Å². The van der Waals surface area contributed by atoms with Gasteiger partial charge in [0.2, 0.25) is 5.91 Å². The summed E-state index contributed by atoms with van der Waals surface area (Å²) in [6, 6.07) is 16.5. The van der Waals surface area contributed by atoms with Gasteiger partial charge in [0.25, 0.3) is 5.97 Å². The van der Waals surface area contributed by atoms with Crippen LogP contribution in [0, 0.1) is 0 Å². The van der Waals surface area contributed by atoms with Crippen LogP contribution in [0.1, 0.15) is 51.1 Å². The molecule has 0 unspecified atom stereocenters. The molecule has 2 aromatic carbocycles. The number of carbonyl (C=O) groups excluding carboxylic acids is 1. The highest BCUT2D eigenvalue weighted by molar-refractivity contribution is 5.98. The molecule has 6 rings (SSSR count). The third-order valence-electron chi connectivity index (χ3n) is 8.39. The number of nitrogens with one attached hydrogen (secondary N) is 1. The Morgan fingerprint density at radius 2 is 1.62 bits per heavy atom. The number of benzene rings is 2. The fourth-order valence-corrected chi connectivity index (χ4v) is 6.07. The SMILES string of the molecule is CC(=O)NCc1cccc(Oc2ccc(-c3nn([C@H]4CC[C@@H](N5CCN(C)CC5)CC4)c4ncnc(N)c34)cc2)c1.CC(=O)O. The summed E-state index contributed by atoms with van der Waals surface area (Å²) in [5.41, 5.74) is 9.89. The third kappa shape index (κ3) is 8.14. The van der Waals surface area contributed by atoms with Crippen LogP contribution >= 0.6 is 0 Å². The van der Waals surface area contributed by atoms with Gasteiger partial charge in [-0.05, 0) is 74.7 Å². The summed E-state index contributed by atoms with van der Waals surface area (Å²) in [6.45, 7) is 7.67. The van der Waals surface area contributed by atoms with Crippen molar-refractivity contribution in [3.8, 4) is 22.8 Å². The van der Waals surface area contributed by atoms with Crippen molar-refractivity contribution >= 4 is 28.7 Å². The summed E-state index contributed by atoms with van der Waals surface area (Å²) in [6.07, 6.45) is 6.02. The molecule has 1 saturated heterocycles. The number of ether oxygens (including phenoxy) is 1. The molecule has 12 heteroatoms. The van der Waals surface area contributed by atoms with Crippen molar-refractivity contribution in [1.82, 2.24) is 34.9 Å². The number of nitrogens with two attached hydrogens (primary N) is 1. The Labute approximate surface area is 263 Å². The lowest BCUT2D eigenvalue weighted by molar-refractivity contribution is -0.134. The molecular formula is C33H42N8O4. The minimum absolute atomic E-state index is 0.0637. The van der Waals surface area contributed by atoms with Crippen LogP contribution in [0.4, 0.5) is 5.82 Å². The first-order valence-corrected chi connectivity index (χ1v) is 15.4. The maximum Gasteiger partial charge on any atom is 0.300 e. The molecule has 1 saturated carbocycles. The van der Waals surface area contributed by atoms with E-state index in [4.69, 9.17) is 25.5 Å². The Morgan fingerprint density at radius 1 is 0.956 bits per heavy atom. The van der Waals surface area contributed by atoms with Crippen molar-refractivity contribution in [2.24, 2.45) is 0 Å². The van der Waals surface area contributed by atoms with Crippen molar-refractivity contribution in [3.63, 3.8) is 0 Å². The predicted molar refractivity (Wildman–Crippen MR) is 173 cm³/mol. The van der Waals surface area contributed by atoms with Crippen LogP contribution in [-0.2, 0) is 16.1 Å². The molecule has 1 aliphatic carbocycles. The second-order valence-electron chi connectivity index (χ2n) is 11.8. The fourth-order valence-electron chi connectivity index (χ4n) is 6.07. The molecule has 45 heavy (non-hydrogen) atoms. The molecular weight excluding hydrogens is 572 g/mol. The number of nitrogens with zero attached hydrogens (tertiary/aromatic N) is 6. The Morgan fingerprint density at radius 3 is 2.29 bits per heavy atom. The molecule has 3 heterocycles. The Balaban J connectivity index is 0.000000945. The Kier molecular flexibility index (Phi) is 10.3. The number of hydrogen-bond donors (Lipinski definition) is 3. The largest absolute Gasteiger partial charge is 0.481 e. The molecule has 1 aliphatic heterocycles. The van der Waals surface area contributed by atoms with Gasteiger partial charge in [-0.15, -0.1) is 0 Å². The minimum atomic E-state index is -0.833. The third-order valence-corrected chi connectivity index (χ3v) is 8.39. The second-order valence-corrected chi connectivity index (χ2v) is 11.8. The number of hydrogen-bond acceptors (Lipinski definition) is 9. The van der Waals surface area contributed by atoms with Crippen LogP contribution in [-0.4, -0.2) is 85.8 Å². The maximum atomic E-state index is 11.3. The molecule has 0 spiro atoms. The van der Waals surface area contributed by atoms with Crippen LogP contribution < -0.4 is 15.8 Å². The minimum Gasteiger partial charge on any atom is -0.481 e. The number of aromatic nitrogens is 4. The van der Waals surface area contributed by atoms with E-state index in [-0.39, 0.29) is 11.9 Å². The van der Waals surface area contributed by atoms with Gasteiger partial charge in [0, 0.05) is 58.2 Å². The van der Waals surface area contributed by atoms with E-state index in [0.29, 0.717) is 29.9 Å². The number of nitrogen functional groups attached to an aromatic ring is 1. The highest BCUT2D eigenvalue weighted by Crippen LogP contribution is 2.37. The van der Waals surface area contributed by atoms with E-state index in [1.807, 2.05) is 48.5 Å². The lowest BCUT2D eigenvalue weighted by Crippen LogP contribution is -2.49. The van der Waals surface area contributed by atoms with E-state index in [9.17, 15) is 4.79 Å². The summed E-state index contributed by atoms with van der Waals surface area (Å²) in [5.74, 6) is 0.964. The van der Waals surface area contributed by atoms with Gasteiger partial charge >= 0.3 is 0 Å². The van der Waals surface area contributed by atoms with Crippen molar-refractivity contribution in [2.75, 3.05) is 39.0 Å². The molecule has 12 nitrogen and oxygen atoms in total. The Bertz CT molecular complexity index is 1600. The first-order chi connectivity index (χ1) is 21.7. The fraction of sp³-hybridized carbons (Fsp3) is 0.424. The highest BCUT2D eigenvalue weighted by Gasteiger charge is 2.30. The smallest absolute Gasteiger partial charge is 0.300 e. The number of amides is 1. The summed E-state index contributed by atoms with van der Waals surface area (Å²) in [4.78, 5) is 34.3. The van der Waals surface area contributed by atoms with Crippen molar-refractivity contribution in [2.45, 2.75) is 58.2 Å². The zero-order valence-electron chi connectivity index (χ0n) is 26.1. The van der Waals surface area contributed by atoms with Crippen LogP contribution in [0.3, 0.4) is 0 Å². The van der Waals surface area contributed by atoms with Crippen LogP contribution in [0.5, 0.6) is 11.5 Å². The average molecular weight is 615 g/mol. The van der Waals surface area contributed by atoms with E-state index >= 15 is 0 Å². The number of rotatable bonds is 7. The molecule has 0 bridgehead atoms. The monoisotopic (exact) mass is 614 g/mol. The number of piperazine rings is 1. The number of carboxylic acid groups (broad SMARTS) is 1. The van der Waals surface area contributed by atoms with Crippen LogP contribution in [0.25, 0.3) is 22.3 Å². The van der Waals surface area contributed by atoms with Crippen molar-refractivity contribution in [1.29, 1.82) is 0 Å². The number of anilines is 1. The second kappa shape index (κ2) is 14.5. The van der Waals surface area contributed by atoms with Gasteiger partial charge < -0.3 is 25.8 Å². The molecule has 2 fully saturated rings. The summed E-state index contributed by atoms with van der Waals surface area (Å²) in [7, 11) is 2.21. The zero-order chi connectivity index (χ0) is 31.9. The van der Waals surface area contributed by atoms with Gasteiger partial charge in [-0.3, -0.25) is 14.5 Å². The zero-order valence-corrected chi connectivity index (χ0v) is 26.1. The molecule has 0 radical (unpaired) electrons. The highest BCUT2D eigenvalue weighted by atomic mass is 16.5. The van der Waals surface area contributed by atoms with Crippen LogP contribution in [0.2, 0.25) is 0 Å². The van der Waals surface area contributed by atoms with Gasteiger partial charge in [-0.1, -0.05) is 12.1 Å². The summed E-state index contributed by atoms with van der Waals surface area (Å²) < 4.78 is 8.19. The van der Waals surface area contributed by atoms with Gasteiger partial charge in [0.05, 0.1) is 11.4 Å². The number of fused-ring (bicyclic) bond motifs is 1. The van der Waals surface area contributed by atoms with E-state index in [2.05, 4.69) is 36.8 Å². The van der Waals surface area contributed by atoms with E-state index in [1.54, 1.807) is 0 Å². The van der Waals surface area contributed by atoms with E-state index in [1.165, 1.54) is 26.1 Å². The first kappa shape index (κ1) is 31.9. The van der Waals surface area contributed by atoms with Gasteiger partial charge in [0.1, 0.15) is 29.3 Å². The lowest BCUT2D eigenvalue weighted by Gasteiger charge is -2.41. The number of carboxylic acids is 1. The van der Waals surface area contributed by atoms with Gasteiger partial charge in [-0.2, -0.15) is 5.10 Å². The van der Waals surface area contributed by atoms with E-state index < -0.39 is 5.97 Å². The topological polar surface area (TPSA) is 152 Å². The first-order valence-electron chi connectivity index (χ1n) is 15.4. The molecule has 0 atom stereocenters. The summed E-state index contributed by atoms with van der Waals surface area (Å²) in [5, 5.41) is 16.1. The Hall–Kier alpha value is -4.55. The number of carbonyl (C=O) groups is 2. The molecule has 238 valence electrons. The van der Waals surface area contributed by atoms with E-state index in [0.717, 1.165) is 73.8 Å². The maximum absolute atomic E-state index is 11.3. The normalized spacial score (nSPS) is 19.0. The molecule has 1 amide bonds. The average Bonchev–Trinajstić information content (AvgIpc) is 3.42. The molecule has 2 aliphatic rings. The number of likely N-dealkylation sites (N-methyl/N-ethyl adjacent to an activating group) is 1. The lowest BCUT2D eigenvalue weighted by atomic mass is 9.90. The molecule has 4 N–H and O–H groups in total. The summed E-state index contributed by atoms with van der Waals surface area (Å²) >= 11 is 0. The van der Waals surface area contributed by atoms with Crippen LogP contribution in [0.15, 0.2) is 54.9 Å².